The number of hydrogen-bond donors (Lipinski definition) is 1. The van der Waals surface area contributed by atoms with E-state index in [1.807, 2.05) is 0 Å². The summed E-state index contributed by atoms with van der Waals surface area (Å²) in [7, 11) is 0. The molecule has 1 heteroatoms. The van der Waals surface area contributed by atoms with E-state index in [1.165, 1.54) is 5.57 Å². The third-order valence-corrected chi connectivity index (χ3v) is 2.52. The molecule has 0 aromatic rings. The first-order chi connectivity index (χ1) is 5.08. The van der Waals surface area contributed by atoms with Crippen LogP contribution < -0.4 is 0 Å². The van der Waals surface area contributed by atoms with Crippen molar-refractivity contribution in [2.75, 3.05) is 6.61 Å². The maximum Gasteiger partial charge on any atom is 0.0504 e. The molecule has 0 bridgehead atoms. The van der Waals surface area contributed by atoms with Gasteiger partial charge in [0.2, 0.25) is 0 Å². The molecule has 0 saturated carbocycles. The summed E-state index contributed by atoms with van der Waals surface area (Å²) in [4.78, 5) is 0. The van der Waals surface area contributed by atoms with Crippen LogP contribution in [0.25, 0.3) is 0 Å². The van der Waals surface area contributed by atoms with Crippen molar-refractivity contribution in [2.45, 2.75) is 20.8 Å². The van der Waals surface area contributed by atoms with Gasteiger partial charge in [-0.05, 0) is 12.3 Å². The van der Waals surface area contributed by atoms with Gasteiger partial charge in [-0.1, -0.05) is 37.6 Å². The van der Waals surface area contributed by atoms with E-state index in [-0.39, 0.29) is 12.0 Å². The Labute approximate surface area is 68.4 Å². The van der Waals surface area contributed by atoms with Crippen molar-refractivity contribution in [1.82, 2.24) is 0 Å². The van der Waals surface area contributed by atoms with Crippen LogP contribution in [0.2, 0.25) is 0 Å². The maximum atomic E-state index is 9.12. The molecule has 0 aromatic carbocycles. The van der Waals surface area contributed by atoms with Gasteiger partial charge in [0.05, 0.1) is 6.61 Å². The van der Waals surface area contributed by atoms with Crippen molar-refractivity contribution in [3.63, 3.8) is 0 Å². The standard InChI is InChI=1S/C10H16O/c1-8-5-4-6-10(2,3)9(8)7-11/h4-6,9,11H,7H2,1-3H3. The molecular weight excluding hydrogens is 136 g/mol. The van der Waals surface area contributed by atoms with Crippen molar-refractivity contribution in [3.8, 4) is 0 Å². The third kappa shape index (κ3) is 1.54. The van der Waals surface area contributed by atoms with Crippen molar-refractivity contribution in [3.05, 3.63) is 23.8 Å². The van der Waals surface area contributed by atoms with E-state index in [9.17, 15) is 0 Å². The molecule has 0 amide bonds. The lowest BCUT2D eigenvalue weighted by Gasteiger charge is -2.33. The molecule has 1 aliphatic rings. The summed E-state index contributed by atoms with van der Waals surface area (Å²) in [6, 6.07) is 0. The van der Waals surface area contributed by atoms with Crippen molar-refractivity contribution in [2.24, 2.45) is 11.3 Å². The molecule has 11 heavy (non-hydrogen) atoms. The van der Waals surface area contributed by atoms with Crippen LogP contribution in [0.15, 0.2) is 23.8 Å². The van der Waals surface area contributed by atoms with Crippen LogP contribution in [0, 0.1) is 11.3 Å². The minimum absolute atomic E-state index is 0.119. The molecule has 0 spiro atoms. The van der Waals surface area contributed by atoms with Crippen LogP contribution in [-0.4, -0.2) is 11.7 Å². The topological polar surface area (TPSA) is 20.2 Å². The van der Waals surface area contributed by atoms with Gasteiger partial charge >= 0.3 is 0 Å². The van der Waals surface area contributed by atoms with E-state index in [2.05, 4.69) is 39.0 Å². The maximum absolute atomic E-state index is 9.12. The number of aliphatic hydroxyl groups is 1. The van der Waals surface area contributed by atoms with Gasteiger partial charge in [-0.15, -0.1) is 0 Å². The summed E-state index contributed by atoms with van der Waals surface area (Å²) < 4.78 is 0. The first-order valence-electron chi connectivity index (χ1n) is 4.05. The number of aliphatic hydroxyl groups excluding tert-OH is 1. The second-order valence-corrected chi connectivity index (χ2v) is 3.83. The molecule has 1 unspecified atom stereocenters. The van der Waals surface area contributed by atoms with E-state index >= 15 is 0 Å². The van der Waals surface area contributed by atoms with Gasteiger partial charge in [-0.2, -0.15) is 0 Å². The molecule has 1 atom stereocenters. The summed E-state index contributed by atoms with van der Waals surface area (Å²) in [6.45, 7) is 6.63. The fraction of sp³-hybridized carbons (Fsp3) is 0.600. The highest BCUT2D eigenvalue weighted by Gasteiger charge is 2.28. The average molecular weight is 152 g/mol. The Morgan fingerprint density at radius 3 is 2.55 bits per heavy atom. The van der Waals surface area contributed by atoms with E-state index < -0.39 is 0 Å². The molecular formula is C10H16O. The Morgan fingerprint density at radius 2 is 2.18 bits per heavy atom. The second-order valence-electron chi connectivity index (χ2n) is 3.83. The van der Waals surface area contributed by atoms with Crippen LogP contribution in [0.4, 0.5) is 0 Å². The summed E-state index contributed by atoms with van der Waals surface area (Å²) in [5, 5.41) is 9.12. The van der Waals surface area contributed by atoms with Gasteiger partial charge < -0.3 is 5.11 Å². The predicted molar refractivity (Wildman–Crippen MR) is 47.3 cm³/mol. The lowest BCUT2D eigenvalue weighted by molar-refractivity contribution is 0.175. The van der Waals surface area contributed by atoms with Gasteiger partial charge in [-0.25, -0.2) is 0 Å². The highest BCUT2D eigenvalue weighted by atomic mass is 16.3. The first-order valence-corrected chi connectivity index (χ1v) is 4.05. The second kappa shape index (κ2) is 2.82. The van der Waals surface area contributed by atoms with Gasteiger partial charge in [0.1, 0.15) is 0 Å². The Hall–Kier alpha value is -0.560. The average Bonchev–Trinajstić information content (AvgIpc) is 1.86. The SMILES string of the molecule is CC1=CC=CC(C)(C)C1CO. The van der Waals surface area contributed by atoms with Crippen LogP contribution in [0.5, 0.6) is 0 Å². The van der Waals surface area contributed by atoms with Crippen LogP contribution in [0.3, 0.4) is 0 Å². The Bertz CT molecular complexity index is 199. The lowest BCUT2D eigenvalue weighted by atomic mass is 9.73. The molecule has 0 radical (unpaired) electrons. The highest BCUT2D eigenvalue weighted by molar-refractivity contribution is 5.24. The summed E-state index contributed by atoms with van der Waals surface area (Å²) in [6.07, 6.45) is 6.30. The van der Waals surface area contributed by atoms with E-state index in [0.29, 0.717) is 5.92 Å². The van der Waals surface area contributed by atoms with E-state index in [4.69, 9.17) is 5.11 Å². The molecule has 1 nitrogen and oxygen atoms in total. The predicted octanol–water partition coefficient (Wildman–Crippen LogP) is 2.14. The van der Waals surface area contributed by atoms with Gasteiger partial charge in [0.25, 0.3) is 0 Å². The van der Waals surface area contributed by atoms with Gasteiger partial charge in [-0.3, -0.25) is 0 Å². The quantitative estimate of drug-likeness (QED) is 0.610. The Kier molecular flexibility index (Phi) is 2.19. The van der Waals surface area contributed by atoms with E-state index in [0.717, 1.165) is 0 Å². The van der Waals surface area contributed by atoms with Crippen LogP contribution >= 0.6 is 0 Å². The van der Waals surface area contributed by atoms with Crippen LogP contribution in [-0.2, 0) is 0 Å². The zero-order valence-electron chi connectivity index (χ0n) is 7.46. The van der Waals surface area contributed by atoms with Crippen molar-refractivity contribution < 1.29 is 5.11 Å². The number of hydrogen-bond acceptors (Lipinski definition) is 1. The molecule has 0 aliphatic heterocycles. The summed E-state index contributed by atoms with van der Waals surface area (Å²) >= 11 is 0. The smallest absolute Gasteiger partial charge is 0.0504 e. The van der Waals surface area contributed by atoms with Gasteiger partial charge in [0.15, 0.2) is 0 Å². The molecule has 1 rings (SSSR count). The Morgan fingerprint density at radius 1 is 1.55 bits per heavy atom. The highest BCUT2D eigenvalue weighted by Crippen LogP contribution is 2.36. The van der Waals surface area contributed by atoms with Crippen molar-refractivity contribution in [1.29, 1.82) is 0 Å². The largest absolute Gasteiger partial charge is 0.396 e. The summed E-state index contributed by atoms with van der Waals surface area (Å²) in [5.74, 6) is 0.299. The molecule has 0 aromatic heterocycles. The molecule has 1 aliphatic carbocycles. The third-order valence-electron chi connectivity index (χ3n) is 2.52. The monoisotopic (exact) mass is 152 g/mol. The van der Waals surface area contributed by atoms with Gasteiger partial charge in [0, 0.05) is 5.92 Å². The molecule has 0 heterocycles. The molecule has 1 N–H and O–H groups in total. The summed E-state index contributed by atoms with van der Waals surface area (Å²) in [5.41, 5.74) is 1.40. The minimum Gasteiger partial charge on any atom is -0.396 e. The van der Waals surface area contributed by atoms with E-state index in [1.54, 1.807) is 0 Å². The van der Waals surface area contributed by atoms with Crippen LogP contribution in [0.1, 0.15) is 20.8 Å². The zero-order chi connectivity index (χ0) is 8.48. The number of rotatable bonds is 1. The minimum atomic E-state index is 0.119. The normalized spacial score (nSPS) is 28.4. The molecule has 0 fully saturated rings. The van der Waals surface area contributed by atoms with Crippen molar-refractivity contribution >= 4 is 0 Å². The fourth-order valence-corrected chi connectivity index (χ4v) is 1.65. The zero-order valence-corrected chi connectivity index (χ0v) is 7.46. The lowest BCUT2D eigenvalue weighted by Crippen LogP contribution is -2.27. The fourth-order valence-electron chi connectivity index (χ4n) is 1.65. The first kappa shape index (κ1) is 8.54. The molecule has 0 saturated heterocycles. The Balaban J connectivity index is 2.88. The molecule has 62 valence electrons. The number of allylic oxidation sites excluding steroid dienone is 3.